The fraction of sp³-hybridized carbons (Fsp3) is 0. The van der Waals surface area contributed by atoms with Gasteiger partial charge in [0, 0.05) is 4.90 Å². The van der Waals surface area contributed by atoms with Crippen molar-refractivity contribution in [3.63, 3.8) is 0 Å². The minimum atomic E-state index is 0. The van der Waals surface area contributed by atoms with Crippen LogP contribution in [0.1, 0.15) is 5.56 Å². The van der Waals surface area contributed by atoms with E-state index in [1.807, 2.05) is 6.07 Å². The van der Waals surface area contributed by atoms with Crippen molar-refractivity contribution in [3.05, 3.63) is 29.8 Å². The van der Waals surface area contributed by atoms with Gasteiger partial charge in [-0.3, -0.25) is 0 Å². The quantitative estimate of drug-likeness (QED) is 0.446. The van der Waals surface area contributed by atoms with E-state index in [4.69, 9.17) is 5.26 Å². The SMILES string of the molecule is N#Cc1ccc(S)cc1.[NaH]. The van der Waals surface area contributed by atoms with Gasteiger partial charge >= 0.3 is 29.6 Å². The Bertz CT molecular complexity index is 237. The van der Waals surface area contributed by atoms with Gasteiger partial charge in [-0.2, -0.15) is 5.26 Å². The Kier molecular flexibility index (Phi) is 4.84. The summed E-state index contributed by atoms with van der Waals surface area (Å²) >= 11 is 4.06. The van der Waals surface area contributed by atoms with Crippen LogP contribution in [0.4, 0.5) is 0 Å². The molecule has 0 radical (unpaired) electrons. The molecule has 1 aromatic rings. The molecular formula is C7H6NNaS. The Labute approximate surface area is 87.8 Å². The van der Waals surface area contributed by atoms with Crippen LogP contribution in [0.3, 0.4) is 0 Å². The molecule has 0 saturated heterocycles. The average Bonchev–Trinajstić information content (AvgIpc) is 1.90. The van der Waals surface area contributed by atoms with Crippen molar-refractivity contribution in [1.82, 2.24) is 0 Å². The average molecular weight is 159 g/mol. The van der Waals surface area contributed by atoms with Gasteiger partial charge in [0.1, 0.15) is 0 Å². The first-order chi connectivity index (χ1) is 4.33. The number of nitrogens with zero attached hydrogens (tertiary/aromatic N) is 1. The molecule has 0 heterocycles. The van der Waals surface area contributed by atoms with Crippen molar-refractivity contribution in [1.29, 1.82) is 5.26 Å². The number of benzene rings is 1. The van der Waals surface area contributed by atoms with Crippen molar-refractivity contribution < 1.29 is 0 Å². The van der Waals surface area contributed by atoms with Crippen LogP contribution in [0.2, 0.25) is 0 Å². The molecule has 0 bridgehead atoms. The first-order valence-corrected chi connectivity index (χ1v) is 2.97. The summed E-state index contributed by atoms with van der Waals surface area (Å²) in [5, 5.41) is 8.35. The summed E-state index contributed by atoms with van der Waals surface area (Å²) in [5.74, 6) is 0. The Balaban J connectivity index is 0.000000810. The summed E-state index contributed by atoms with van der Waals surface area (Å²) in [5.41, 5.74) is 0.674. The molecule has 0 saturated carbocycles. The summed E-state index contributed by atoms with van der Waals surface area (Å²) in [4.78, 5) is 0.883. The van der Waals surface area contributed by atoms with Gasteiger partial charge in [0.05, 0.1) is 11.6 Å². The van der Waals surface area contributed by atoms with Gasteiger partial charge in [0.25, 0.3) is 0 Å². The summed E-state index contributed by atoms with van der Waals surface area (Å²) < 4.78 is 0. The molecule has 3 heteroatoms. The van der Waals surface area contributed by atoms with E-state index >= 15 is 0 Å². The van der Waals surface area contributed by atoms with Crippen molar-refractivity contribution in [2.45, 2.75) is 4.90 Å². The Morgan fingerprint density at radius 3 is 2.10 bits per heavy atom. The van der Waals surface area contributed by atoms with E-state index in [0.717, 1.165) is 4.90 Å². The Hall–Kier alpha value is 0.0600. The summed E-state index contributed by atoms with van der Waals surface area (Å²) in [7, 11) is 0. The van der Waals surface area contributed by atoms with E-state index in [1.54, 1.807) is 24.3 Å². The van der Waals surface area contributed by atoms with Gasteiger partial charge in [0.15, 0.2) is 0 Å². The maximum absolute atomic E-state index is 8.35. The van der Waals surface area contributed by atoms with Crippen LogP contribution >= 0.6 is 12.6 Å². The maximum atomic E-state index is 8.35. The zero-order chi connectivity index (χ0) is 6.69. The Morgan fingerprint density at radius 1 is 1.20 bits per heavy atom. The molecule has 0 atom stereocenters. The zero-order valence-electron chi connectivity index (χ0n) is 4.70. The number of nitriles is 1. The topological polar surface area (TPSA) is 23.8 Å². The first-order valence-electron chi connectivity index (χ1n) is 2.52. The standard InChI is InChI=1S/C7H5NS.Na.H/c8-5-6-1-3-7(9)4-2-6;;/h1-4,9H;;. The van der Waals surface area contributed by atoms with Crippen molar-refractivity contribution in [3.8, 4) is 6.07 Å². The third-order valence-corrected chi connectivity index (χ3v) is 1.29. The Morgan fingerprint density at radius 2 is 1.70 bits per heavy atom. The van der Waals surface area contributed by atoms with Gasteiger partial charge in [-0.05, 0) is 24.3 Å². The molecule has 0 aliphatic carbocycles. The van der Waals surface area contributed by atoms with Gasteiger partial charge in [-0.1, -0.05) is 0 Å². The van der Waals surface area contributed by atoms with Gasteiger partial charge in [0.2, 0.25) is 0 Å². The molecule has 0 aromatic heterocycles. The predicted molar refractivity (Wildman–Crippen MR) is 45.6 cm³/mol. The second-order valence-electron chi connectivity index (χ2n) is 1.66. The third-order valence-electron chi connectivity index (χ3n) is 0.996. The summed E-state index contributed by atoms with van der Waals surface area (Å²) in [6.45, 7) is 0. The number of thiol groups is 1. The molecule has 0 aliphatic rings. The second-order valence-corrected chi connectivity index (χ2v) is 2.18. The van der Waals surface area contributed by atoms with Crippen LogP contribution in [-0.4, -0.2) is 29.6 Å². The van der Waals surface area contributed by atoms with E-state index in [-0.39, 0.29) is 29.6 Å². The molecule has 1 aromatic carbocycles. The molecule has 0 unspecified atom stereocenters. The molecule has 0 spiro atoms. The zero-order valence-corrected chi connectivity index (χ0v) is 5.60. The molecule has 46 valence electrons. The molecule has 10 heavy (non-hydrogen) atoms. The fourth-order valence-electron chi connectivity index (χ4n) is 0.536. The summed E-state index contributed by atoms with van der Waals surface area (Å²) in [6, 6.07) is 9.08. The van der Waals surface area contributed by atoms with Crippen molar-refractivity contribution in [2.75, 3.05) is 0 Å². The van der Waals surface area contributed by atoms with E-state index in [1.165, 1.54) is 0 Å². The first kappa shape index (κ1) is 10.1. The minimum absolute atomic E-state index is 0. The summed E-state index contributed by atoms with van der Waals surface area (Å²) in [6.07, 6.45) is 0. The van der Waals surface area contributed by atoms with E-state index in [0.29, 0.717) is 5.56 Å². The molecular weight excluding hydrogens is 153 g/mol. The number of hydrogen-bond donors (Lipinski definition) is 1. The number of rotatable bonds is 0. The van der Waals surface area contributed by atoms with Crippen LogP contribution in [-0.2, 0) is 0 Å². The van der Waals surface area contributed by atoms with Gasteiger partial charge in [-0.25, -0.2) is 0 Å². The predicted octanol–water partition coefficient (Wildman–Crippen LogP) is 1.20. The van der Waals surface area contributed by atoms with Crippen LogP contribution < -0.4 is 0 Å². The second kappa shape index (κ2) is 4.81. The van der Waals surface area contributed by atoms with Gasteiger partial charge in [-0.15, -0.1) is 12.6 Å². The molecule has 1 nitrogen and oxygen atoms in total. The molecule has 1 rings (SSSR count). The van der Waals surface area contributed by atoms with Crippen LogP contribution in [0, 0.1) is 11.3 Å². The van der Waals surface area contributed by atoms with E-state index < -0.39 is 0 Å². The van der Waals surface area contributed by atoms with Crippen molar-refractivity contribution in [2.24, 2.45) is 0 Å². The fourth-order valence-corrected chi connectivity index (χ4v) is 0.685. The monoisotopic (exact) mass is 159 g/mol. The third kappa shape index (κ3) is 2.76. The van der Waals surface area contributed by atoms with E-state index in [2.05, 4.69) is 12.6 Å². The number of hydrogen-bond acceptors (Lipinski definition) is 2. The van der Waals surface area contributed by atoms with Gasteiger partial charge < -0.3 is 0 Å². The molecule has 0 amide bonds. The van der Waals surface area contributed by atoms with Crippen molar-refractivity contribution >= 4 is 42.2 Å². The molecule has 0 fully saturated rings. The van der Waals surface area contributed by atoms with Crippen LogP contribution in [0.25, 0.3) is 0 Å². The molecule has 0 aliphatic heterocycles. The van der Waals surface area contributed by atoms with E-state index in [9.17, 15) is 0 Å². The van der Waals surface area contributed by atoms with Crippen LogP contribution in [0.5, 0.6) is 0 Å². The normalized spacial score (nSPS) is 7.60. The van der Waals surface area contributed by atoms with Crippen LogP contribution in [0.15, 0.2) is 29.2 Å². The molecule has 0 N–H and O–H groups in total.